The van der Waals surface area contributed by atoms with E-state index in [0.29, 0.717) is 45.9 Å². The number of anilines is 1. The molecule has 176 valence electrons. The van der Waals surface area contributed by atoms with Crippen molar-refractivity contribution in [3.63, 3.8) is 0 Å². The van der Waals surface area contributed by atoms with E-state index in [4.69, 9.17) is 10.8 Å². The summed E-state index contributed by atoms with van der Waals surface area (Å²) in [5, 5.41) is 8.67. The first-order chi connectivity index (χ1) is 16.1. The summed E-state index contributed by atoms with van der Waals surface area (Å²) < 4.78 is 30.5. The van der Waals surface area contributed by atoms with E-state index in [1.807, 2.05) is 40.7 Å². The molecule has 0 aliphatic rings. The lowest BCUT2D eigenvalue weighted by Gasteiger charge is -2.25. The van der Waals surface area contributed by atoms with E-state index >= 15 is 0 Å². The second kappa shape index (κ2) is 8.85. The Morgan fingerprint density at radius 1 is 1.12 bits per heavy atom. The number of rotatable bonds is 6. The van der Waals surface area contributed by atoms with Gasteiger partial charge in [0.1, 0.15) is 23.8 Å². The summed E-state index contributed by atoms with van der Waals surface area (Å²) in [6.45, 7) is 14.7. The van der Waals surface area contributed by atoms with Crippen molar-refractivity contribution < 1.29 is 8.78 Å². The van der Waals surface area contributed by atoms with E-state index in [1.165, 1.54) is 18.5 Å². The highest BCUT2D eigenvalue weighted by atomic mass is 19.1. The van der Waals surface area contributed by atoms with Gasteiger partial charge in [0.2, 0.25) is 0 Å². The van der Waals surface area contributed by atoms with Crippen LogP contribution in [-0.4, -0.2) is 26.3 Å². The molecule has 0 radical (unpaired) electrons. The number of nitrogen functional groups attached to an aromatic ring is 1. The quantitative estimate of drug-likeness (QED) is 0.397. The van der Waals surface area contributed by atoms with Crippen LogP contribution in [0.2, 0.25) is 0 Å². The number of aryl methyl sites for hydroxylation is 2. The highest BCUT2D eigenvalue weighted by molar-refractivity contribution is 5.89. The molecule has 6 nitrogen and oxygen atoms in total. The van der Waals surface area contributed by atoms with Crippen LogP contribution in [0.3, 0.4) is 0 Å². The predicted octanol–water partition coefficient (Wildman–Crippen LogP) is 5.47. The van der Waals surface area contributed by atoms with Gasteiger partial charge in [-0.1, -0.05) is 12.6 Å². The second-order valence-corrected chi connectivity index (χ2v) is 8.49. The number of hydrogen-bond acceptors (Lipinski definition) is 5. The fourth-order valence-electron chi connectivity index (χ4n) is 4.53. The van der Waals surface area contributed by atoms with Crippen LogP contribution >= 0.6 is 0 Å². The molecule has 0 fully saturated rings. The number of nitrogens with one attached hydrogen (secondary N) is 1. The van der Waals surface area contributed by atoms with Crippen molar-refractivity contribution in [1.29, 1.82) is 0 Å². The Labute approximate surface area is 197 Å². The molecule has 0 spiro atoms. The average molecular weight is 463 g/mol. The summed E-state index contributed by atoms with van der Waals surface area (Å²) >= 11 is 0. The van der Waals surface area contributed by atoms with Gasteiger partial charge in [0, 0.05) is 23.9 Å². The lowest BCUT2D eigenvalue weighted by molar-refractivity contribution is 0.573. The topological polar surface area (TPSA) is 81.7 Å². The van der Waals surface area contributed by atoms with Crippen LogP contribution in [0.25, 0.3) is 27.9 Å². The Bertz CT molecular complexity index is 1400. The van der Waals surface area contributed by atoms with Gasteiger partial charge in [-0.2, -0.15) is 5.10 Å². The van der Waals surface area contributed by atoms with Gasteiger partial charge in [-0.25, -0.2) is 23.4 Å². The van der Waals surface area contributed by atoms with Crippen LogP contribution in [0.5, 0.6) is 0 Å². The molecule has 1 unspecified atom stereocenters. The van der Waals surface area contributed by atoms with E-state index in [9.17, 15) is 8.78 Å². The fraction of sp³-hybridized carbons (Fsp3) is 0.269. The molecule has 4 aromatic rings. The molecule has 3 N–H and O–H groups in total. The molecule has 2 aromatic carbocycles. The van der Waals surface area contributed by atoms with Crippen LogP contribution < -0.4 is 11.1 Å². The number of benzene rings is 2. The molecule has 0 amide bonds. The third-order valence-corrected chi connectivity index (χ3v) is 6.23. The van der Waals surface area contributed by atoms with E-state index in [-0.39, 0.29) is 6.04 Å². The smallest absolute Gasteiger partial charge is 0.164 e. The van der Waals surface area contributed by atoms with Gasteiger partial charge >= 0.3 is 0 Å². The first kappa shape index (κ1) is 23.4. The molecule has 0 saturated heterocycles. The number of nitrogens with zero attached hydrogens (tertiary/aromatic N) is 4. The van der Waals surface area contributed by atoms with Crippen molar-refractivity contribution in [3.05, 3.63) is 76.8 Å². The minimum Gasteiger partial charge on any atom is -0.385 e. The van der Waals surface area contributed by atoms with Crippen molar-refractivity contribution in [3.8, 4) is 11.1 Å². The molecule has 1 atom stereocenters. The fourth-order valence-corrected chi connectivity index (χ4v) is 4.53. The molecule has 8 heteroatoms. The maximum atomic E-state index is 14.4. The summed E-state index contributed by atoms with van der Waals surface area (Å²) in [6.07, 6.45) is 1.41. The Balaban J connectivity index is 2.07. The van der Waals surface area contributed by atoms with Crippen molar-refractivity contribution in [2.24, 2.45) is 0 Å². The summed E-state index contributed by atoms with van der Waals surface area (Å²) in [6, 6.07) is 5.27. The van der Waals surface area contributed by atoms with Crippen LogP contribution in [0.1, 0.15) is 47.8 Å². The molecular formula is C26H28F2N6. The predicted molar refractivity (Wildman–Crippen MR) is 132 cm³/mol. The van der Waals surface area contributed by atoms with Crippen LogP contribution in [0, 0.1) is 32.4 Å². The minimum atomic E-state index is -0.646. The van der Waals surface area contributed by atoms with Crippen molar-refractivity contribution in [2.75, 3.05) is 12.3 Å². The number of aromatic nitrogens is 4. The first-order valence-electron chi connectivity index (χ1n) is 11.1. The summed E-state index contributed by atoms with van der Waals surface area (Å²) in [5.41, 5.74) is 12.9. The van der Waals surface area contributed by atoms with Gasteiger partial charge in [-0.05, 0) is 74.6 Å². The standard InChI is InChI=1S/C26H28F2N6/c1-7-30-15(4)22-14(3)13(2)8-21(24(22)18-9-19(27)11-20(28)10-18)17(6)34-26-23(16(5)33-34)25(29)31-12-32-26/h8-12,17,30H,4,7H2,1-3,5-6H3,(H2,29,31,32). The molecule has 0 aliphatic carbocycles. The lowest BCUT2D eigenvalue weighted by Crippen LogP contribution is -2.16. The summed E-state index contributed by atoms with van der Waals surface area (Å²) in [7, 11) is 0. The molecule has 2 aromatic heterocycles. The maximum Gasteiger partial charge on any atom is 0.164 e. The molecule has 0 saturated carbocycles. The van der Waals surface area contributed by atoms with E-state index in [2.05, 4.69) is 21.9 Å². The summed E-state index contributed by atoms with van der Waals surface area (Å²) in [5.74, 6) is -0.935. The zero-order chi connectivity index (χ0) is 24.7. The largest absolute Gasteiger partial charge is 0.385 e. The lowest BCUT2D eigenvalue weighted by atomic mass is 9.85. The number of halogens is 2. The van der Waals surface area contributed by atoms with Gasteiger partial charge in [0.25, 0.3) is 0 Å². The first-order valence-corrected chi connectivity index (χ1v) is 11.1. The Morgan fingerprint density at radius 2 is 1.79 bits per heavy atom. The second-order valence-electron chi connectivity index (χ2n) is 8.49. The van der Waals surface area contributed by atoms with Gasteiger partial charge in [-0.15, -0.1) is 0 Å². The van der Waals surface area contributed by atoms with Crippen LogP contribution in [0.4, 0.5) is 14.6 Å². The zero-order valence-corrected chi connectivity index (χ0v) is 20.0. The third kappa shape index (κ3) is 3.89. The van der Waals surface area contributed by atoms with Gasteiger partial charge in [0.05, 0.1) is 17.1 Å². The SMILES string of the molecule is C=C(NCC)c1c(C)c(C)cc(C(C)n2nc(C)c3c(N)ncnc32)c1-c1cc(F)cc(F)c1. The van der Waals surface area contributed by atoms with E-state index < -0.39 is 11.6 Å². The van der Waals surface area contributed by atoms with Crippen molar-refractivity contribution in [1.82, 2.24) is 25.1 Å². The molecule has 2 heterocycles. The number of fused-ring (bicyclic) bond motifs is 1. The Hall–Kier alpha value is -3.81. The third-order valence-electron chi connectivity index (χ3n) is 6.23. The zero-order valence-electron chi connectivity index (χ0n) is 20.0. The van der Waals surface area contributed by atoms with E-state index in [0.717, 1.165) is 28.3 Å². The number of hydrogen-bond donors (Lipinski definition) is 2. The molecule has 4 rings (SSSR count). The molecular weight excluding hydrogens is 434 g/mol. The summed E-state index contributed by atoms with van der Waals surface area (Å²) in [4.78, 5) is 8.52. The van der Waals surface area contributed by atoms with E-state index in [1.54, 1.807) is 4.68 Å². The average Bonchev–Trinajstić information content (AvgIpc) is 3.11. The Kier molecular flexibility index (Phi) is 6.08. The van der Waals surface area contributed by atoms with Crippen LogP contribution in [0.15, 0.2) is 37.2 Å². The maximum absolute atomic E-state index is 14.4. The van der Waals surface area contributed by atoms with Gasteiger partial charge < -0.3 is 11.1 Å². The highest BCUT2D eigenvalue weighted by Crippen LogP contribution is 2.40. The molecule has 0 aliphatic heterocycles. The van der Waals surface area contributed by atoms with Crippen LogP contribution in [-0.2, 0) is 0 Å². The Morgan fingerprint density at radius 3 is 2.44 bits per heavy atom. The normalized spacial score (nSPS) is 12.2. The monoisotopic (exact) mass is 462 g/mol. The van der Waals surface area contributed by atoms with Gasteiger partial charge in [-0.3, -0.25) is 0 Å². The molecule has 34 heavy (non-hydrogen) atoms. The van der Waals surface area contributed by atoms with Crippen molar-refractivity contribution >= 4 is 22.5 Å². The highest BCUT2D eigenvalue weighted by Gasteiger charge is 2.25. The number of nitrogens with two attached hydrogens (primary N) is 1. The van der Waals surface area contributed by atoms with Crippen molar-refractivity contribution in [2.45, 2.75) is 40.7 Å². The molecule has 0 bridgehead atoms. The van der Waals surface area contributed by atoms with Gasteiger partial charge in [0.15, 0.2) is 5.65 Å². The minimum absolute atomic E-state index is 0.334.